The SMILES string of the molecule is Cc1c(-c2ccc(C(=O)C3=C(O)CCC=C3)s2)noc1C(F)(F)F. The lowest BCUT2D eigenvalue weighted by molar-refractivity contribution is -0.156. The molecule has 1 aliphatic carbocycles. The summed E-state index contributed by atoms with van der Waals surface area (Å²) < 4.78 is 42.7. The molecule has 0 saturated heterocycles. The molecule has 0 aromatic carbocycles. The van der Waals surface area contributed by atoms with E-state index < -0.39 is 11.9 Å². The highest BCUT2D eigenvalue weighted by molar-refractivity contribution is 7.17. The van der Waals surface area contributed by atoms with Crippen LogP contribution in [0.15, 0.2) is 40.1 Å². The summed E-state index contributed by atoms with van der Waals surface area (Å²) in [6, 6.07) is 3.03. The van der Waals surface area contributed by atoms with Crippen LogP contribution < -0.4 is 0 Å². The maximum Gasteiger partial charge on any atom is 0.452 e. The summed E-state index contributed by atoms with van der Waals surface area (Å²) in [6.45, 7) is 1.27. The highest BCUT2D eigenvalue weighted by Gasteiger charge is 2.39. The summed E-state index contributed by atoms with van der Waals surface area (Å²) in [4.78, 5) is 13.1. The molecule has 0 saturated carbocycles. The fourth-order valence-electron chi connectivity index (χ4n) is 2.41. The highest BCUT2D eigenvalue weighted by Crippen LogP contribution is 2.38. The maximum absolute atomic E-state index is 12.8. The van der Waals surface area contributed by atoms with Crippen LogP contribution in [0.25, 0.3) is 10.6 Å². The number of thiophene rings is 1. The molecule has 0 aliphatic heterocycles. The van der Waals surface area contributed by atoms with E-state index in [4.69, 9.17) is 0 Å². The molecule has 1 N–H and O–H groups in total. The van der Waals surface area contributed by atoms with Crippen molar-refractivity contribution in [3.8, 4) is 10.6 Å². The quantitative estimate of drug-likeness (QED) is 0.780. The van der Waals surface area contributed by atoms with E-state index in [2.05, 4.69) is 9.68 Å². The number of allylic oxidation sites excluding steroid dienone is 4. The van der Waals surface area contributed by atoms with E-state index >= 15 is 0 Å². The molecule has 0 radical (unpaired) electrons. The summed E-state index contributed by atoms with van der Waals surface area (Å²) in [5.41, 5.74) is 0.147. The van der Waals surface area contributed by atoms with Crippen molar-refractivity contribution in [2.75, 3.05) is 0 Å². The number of aromatic nitrogens is 1. The Balaban J connectivity index is 1.93. The first kappa shape index (κ1) is 16.5. The molecule has 24 heavy (non-hydrogen) atoms. The lowest BCUT2D eigenvalue weighted by Crippen LogP contribution is -2.05. The summed E-state index contributed by atoms with van der Waals surface area (Å²) in [5, 5.41) is 13.3. The number of carbonyl (C=O) groups is 1. The predicted octanol–water partition coefficient (Wildman–Crippen LogP) is 5.08. The molecule has 0 amide bonds. The third-order valence-electron chi connectivity index (χ3n) is 3.63. The van der Waals surface area contributed by atoms with Crippen molar-refractivity contribution in [1.29, 1.82) is 0 Å². The van der Waals surface area contributed by atoms with Crippen LogP contribution >= 0.6 is 11.3 Å². The van der Waals surface area contributed by atoms with Gasteiger partial charge in [0.15, 0.2) is 0 Å². The van der Waals surface area contributed by atoms with Crippen LogP contribution in [0.3, 0.4) is 0 Å². The topological polar surface area (TPSA) is 63.3 Å². The zero-order valence-electron chi connectivity index (χ0n) is 12.5. The normalized spacial score (nSPS) is 15.2. The largest absolute Gasteiger partial charge is 0.512 e. The fraction of sp³-hybridized carbons (Fsp3) is 0.250. The molecule has 1 aliphatic rings. The number of carbonyl (C=O) groups excluding carboxylic acids is 1. The minimum absolute atomic E-state index is 0.0226. The molecule has 0 bridgehead atoms. The third kappa shape index (κ3) is 2.89. The number of alkyl halides is 3. The molecule has 4 nitrogen and oxygen atoms in total. The average Bonchev–Trinajstić information content (AvgIpc) is 3.12. The van der Waals surface area contributed by atoms with Crippen LogP contribution in [-0.2, 0) is 6.18 Å². The predicted molar refractivity (Wildman–Crippen MR) is 81.9 cm³/mol. The van der Waals surface area contributed by atoms with Crippen molar-refractivity contribution in [3.05, 3.63) is 51.8 Å². The summed E-state index contributed by atoms with van der Waals surface area (Å²) >= 11 is 1.01. The number of aliphatic hydroxyl groups excluding tert-OH is 1. The minimum Gasteiger partial charge on any atom is -0.512 e. The van der Waals surface area contributed by atoms with E-state index in [0.717, 1.165) is 11.3 Å². The molecule has 0 atom stereocenters. The van der Waals surface area contributed by atoms with E-state index in [1.807, 2.05) is 0 Å². The van der Waals surface area contributed by atoms with Gasteiger partial charge in [-0.05, 0) is 25.5 Å². The van der Waals surface area contributed by atoms with Gasteiger partial charge in [0.05, 0.1) is 15.3 Å². The van der Waals surface area contributed by atoms with Gasteiger partial charge in [-0.2, -0.15) is 13.2 Å². The van der Waals surface area contributed by atoms with Gasteiger partial charge in [0.25, 0.3) is 0 Å². The van der Waals surface area contributed by atoms with Crippen molar-refractivity contribution in [2.24, 2.45) is 0 Å². The Morgan fingerprint density at radius 3 is 2.75 bits per heavy atom. The zero-order chi connectivity index (χ0) is 17.5. The average molecular weight is 355 g/mol. The van der Waals surface area contributed by atoms with Gasteiger partial charge in [-0.3, -0.25) is 4.79 Å². The van der Waals surface area contributed by atoms with Gasteiger partial charge in [-0.25, -0.2) is 0 Å². The number of Topliss-reactive ketones (excluding diaryl/α,β-unsaturated/α-hetero) is 1. The van der Waals surface area contributed by atoms with Crippen LogP contribution in [0, 0.1) is 6.92 Å². The summed E-state index contributed by atoms with van der Waals surface area (Å²) in [5.74, 6) is -1.49. The Morgan fingerprint density at radius 2 is 2.12 bits per heavy atom. The number of rotatable bonds is 3. The maximum atomic E-state index is 12.8. The molecule has 0 fully saturated rings. The van der Waals surface area contributed by atoms with Crippen molar-refractivity contribution in [2.45, 2.75) is 25.9 Å². The van der Waals surface area contributed by atoms with E-state index in [-0.39, 0.29) is 28.4 Å². The molecule has 0 unspecified atom stereocenters. The van der Waals surface area contributed by atoms with Crippen LogP contribution in [0.4, 0.5) is 13.2 Å². The first-order chi connectivity index (χ1) is 11.3. The van der Waals surface area contributed by atoms with Crippen molar-refractivity contribution < 1.29 is 27.6 Å². The molecule has 2 aromatic rings. The molecule has 0 spiro atoms. The van der Waals surface area contributed by atoms with Gasteiger partial charge in [-0.1, -0.05) is 17.3 Å². The van der Waals surface area contributed by atoms with Gasteiger partial charge < -0.3 is 9.63 Å². The minimum atomic E-state index is -4.62. The van der Waals surface area contributed by atoms with Gasteiger partial charge >= 0.3 is 6.18 Å². The van der Waals surface area contributed by atoms with Gasteiger partial charge in [0, 0.05) is 12.0 Å². The van der Waals surface area contributed by atoms with Crippen LogP contribution in [0.2, 0.25) is 0 Å². The molecular formula is C16H12F3NO3S. The Kier molecular flexibility index (Phi) is 4.08. The Hall–Kier alpha value is -2.35. The van der Waals surface area contributed by atoms with Crippen LogP contribution in [-0.4, -0.2) is 16.0 Å². The molecule has 3 rings (SSSR count). The molecule has 2 aromatic heterocycles. The Morgan fingerprint density at radius 1 is 1.38 bits per heavy atom. The van der Waals surface area contributed by atoms with E-state index in [1.54, 1.807) is 12.2 Å². The molecule has 126 valence electrons. The van der Waals surface area contributed by atoms with Crippen molar-refractivity contribution >= 4 is 17.1 Å². The molecule has 8 heteroatoms. The second-order valence-electron chi connectivity index (χ2n) is 5.28. The summed E-state index contributed by atoms with van der Waals surface area (Å²) in [6.07, 6.45) is -0.207. The van der Waals surface area contributed by atoms with Gasteiger partial charge in [0.1, 0.15) is 11.5 Å². The first-order valence-electron chi connectivity index (χ1n) is 7.06. The Labute approximate surface area is 138 Å². The van der Waals surface area contributed by atoms with E-state index in [9.17, 15) is 23.1 Å². The van der Waals surface area contributed by atoms with Crippen molar-refractivity contribution in [3.63, 3.8) is 0 Å². The smallest absolute Gasteiger partial charge is 0.452 e. The number of halogens is 3. The lowest BCUT2D eigenvalue weighted by Gasteiger charge is -2.08. The summed E-state index contributed by atoms with van der Waals surface area (Å²) in [7, 11) is 0. The lowest BCUT2D eigenvalue weighted by atomic mass is 10.0. The number of ketones is 1. The van der Waals surface area contributed by atoms with Gasteiger partial charge in [0.2, 0.25) is 11.5 Å². The standard InChI is InChI=1S/C16H12F3NO3S/c1-8-13(20-23-15(8)16(17,18)19)11-6-7-12(24-11)14(22)9-4-2-3-5-10(9)21/h2,4,6-7,21H,3,5H2,1H3. The number of hydrogen-bond acceptors (Lipinski definition) is 5. The van der Waals surface area contributed by atoms with Gasteiger partial charge in [-0.15, -0.1) is 11.3 Å². The van der Waals surface area contributed by atoms with Crippen LogP contribution in [0.1, 0.15) is 33.8 Å². The first-order valence-corrected chi connectivity index (χ1v) is 7.87. The number of aliphatic hydroxyl groups is 1. The molecular weight excluding hydrogens is 343 g/mol. The van der Waals surface area contributed by atoms with Crippen LogP contribution in [0.5, 0.6) is 0 Å². The number of hydrogen-bond donors (Lipinski definition) is 1. The fourth-order valence-corrected chi connectivity index (χ4v) is 3.41. The second-order valence-corrected chi connectivity index (χ2v) is 6.36. The Bertz CT molecular complexity index is 858. The van der Waals surface area contributed by atoms with Crippen molar-refractivity contribution in [1.82, 2.24) is 5.16 Å². The zero-order valence-corrected chi connectivity index (χ0v) is 13.3. The van der Waals surface area contributed by atoms with E-state index in [1.165, 1.54) is 19.1 Å². The highest BCUT2D eigenvalue weighted by atomic mass is 32.1. The molecule has 2 heterocycles. The monoisotopic (exact) mass is 355 g/mol. The van der Waals surface area contributed by atoms with E-state index in [0.29, 0.717) is 22.6 Å². The third-order valence-corrected chi connectivity index (χ3v) is 4.72. The second kappa shape index (κ2) is 5.94. The number of nitrogens with zero attached hydrogens (tertiary/aromatic N) is 1.